The molecule has 0 atom stereocenters. The summed E-state index contributed by atoms with van der Waals surface area (Å²) in [5, 5.41) is 3.13. The van der Waals surface area contributed by atoms with Gasteiger partial charge in [-0.15, -0.1) is 0 Å². The van der Waals surface area contributed by atoms with Crippen LogP contribution in [0.25, 0.3) is 0 Å². The number of rotatable bonds is 3. The van der Waals surface area contributed by atoms with Gasteiger partial charge in [0.25, 0.3) is 5.56 Å². The minimum absolute atomic E-state index is 0.154. The molecule has 0 saturated heterocycles. The van der Waals surface area contributed by atoms with Crippen molar-refractivity contribution in [3.63, 3.8) is 0 Å². The summed E-state index contributed by atoms with van der Waals surface area (Å²) in [5.74, 6) is 1.00. The van der Waals surface area contributed by atoms with Gasteiger partial charge in [-0.05, 0) is 16.7 Å². The second kappa shape index (κ2) is 3.34. The van der Waals surface area contributed by atoms with Gasteiger partial charge in [-0.25, -0.2) is 4.98 Å². The Hall–Kier alpha value is -1.32. The largest absolute Gasteiger partial charge is 0.365 e. The molecule has 0 spiro atoms. The van der Waals surface area contributed by atoms with Crippen LogP contribution < -0.4 is 10.9 Å². The molecule has 1 saturated carbocycles. The maximum atomic E-state index is 11.4. The number of aromatic nitrogens is 2. The zero-order valence-electron chi connectivity index (χ0n) is 10.3. The lowest BCUT2D eigenvalue weighted by Crippen LogP contribution is -2.18. The Balaban J connectivity index is 2.01. The van der Waals surface area contributed by atoms with Gasteiger partial charge in [0.05, 0.1) is 0 Å². The molecule has 4 heteroatoms. The Kier molecular flexibility index (Phi) is 2.33. The fraction of sp³-hybridized carbons (Fsp3) is 0.667. The molecule has 16 heavy (non-hydrogen) atoms. The molecule has 1 aliphatic rings. The van der Waals surface area contributed by atoms with Gasteiger partial charge in [0.2, 0.25) is 0 Å². The molecule has 0 aliphatic heterocycles. The van der Waals surface area contributed by atoms with E-state index in [-0.39, 0.29) is 5.56 Å². The van der Waals surface area contributed by atoms with E-state index in [1.807, 2.05) is 0 Å². The minimum atomic E-state index is -0.154. The Bertz CT molecular complexity index is 434. The highest BCUT2D eigenvalue weighted by molar-refractivity contribution is 5.31. The molecular formula is C12H19N3O. The van der Waals surface area contributed by atoms with Crippen LogP contribution in [0.2, 0.25) is 0 Å². The van der Waals surface area contributed by atoms with Crippen molar-refractivity contribution >= 4 is 5.82 Å². The van der Waals surface area contributed by atoms with Crippen LogP contribution in [0.1, 0.15) is 27.7 Å². The number of H-pyrrole nitrogens is 1. The molecule has 1 heterocycles. The highest BCUT2D eigenvalue weighted by atomic mass is 16.1. The fourth-order valence-corrected chi connectivity index (χ4v) is 2.52. The molecule has 1 fully saturated rings. The first-order chi connectivity index (χ1) is 7.37. The van der Waals surface area contributed by atoms with E-state index in [1.165, 1.54) is 0 Å². The molecule has 2 N–H and O–H groups in total. The van der Waals surface area contributed by atoms with E-state index in [1.54, 1.807) is 12.4 Å². The lowest BCUT2D eigenvalue weighted by molar-refractivity contribution is 0.457. The van der Waals surface area contributed by atoms with E-state index >= 15 is 0 Å². The van der Waals surface area contributed by atoms with Crippen molar-refractivity contribution in [1.82, 2.24) is 9.97 Å². The van der Waals surface area contributed by atoms with Crippen molar-refractivity contribution in [2.75, 3.05) is 11.9 Å². The average Bonchev–Trinajstić information content (AvgIpc) is 2.58. The van der Waals surface area contributed by atoms with E-state index in [2.05, 4.69) is 43.0 Å². The van der Waals surface area contributed by atoms with Crippen LogP contribution in [0.3, 0.4) is 0 Å². The van der Waals surface area contributed by atoms with Gasteiger partial charge >= 0.3 is 0 Å². The smallest absolute Gasteiger partial charge is 0.290 e. The van der Waals surface area contributed by atoms with Gasteiger partial charge in [-0.2, -0.15) is 0 Å². The van der Waals surface area contributed by atoms with Gasteiger partial charge in [0.1, 0.15) is 0 Å². The maximum Gasteiger partial charge on any atom is 0.290 e. The topological polar surface area (TPSA) is 57.8 Å². The van der Waals surface area contributed by atoms with Crippen LogP contribution in [0.5, 0.6) is 0 Å². The maximum absolute atomic E-state index is 11.4. The van der Waals surface area contributed by atoms with Crippen LogP contribution in [-0.2, 0) is 0 Å². The molecule has 1 aromatic rings. The van der Waals surface area contributed by atoms with Gasteiger partial charge < -0.3 is 10.3 Å². The number of hydrogen-bond donors (Lipinski definition) is 2. The third kappa shape index (κ3) is 1.52. The van der Waals surface area contributed by atoms with Crippen LogP contribution in [0.4, 0.5) is 5.82 Å². The molecule has 2 rings (SSSR count). The number of hydrogen-bond acceptors (Lipinski definition) is 3. The first kappa shape index (κ1) is 11.2. The summed E-state index contributed by atoms with van der Waals surface area (Å²) < 4.78 is 0. The Morgan fingerprint density at radius 3 is 2.50 bits per heavy atom. The number of nitrogens with one attached hydrogen (secondary N) is 2. The minimum Gasteiger partial charge on any atom is -0.365 e. The summed E-state index contributed by atoms with van der Waals surface area (Å²) in [6.45, 7) is 9.87. The van der Waals surface area contributed by atoms with Crippen LogP contribution >= 0.6 is 0 Å². The third-order valence-corrected chi connectivity index (χ3v) is 4.50. The van der Waals surface area contributed by atoms with Crippen LogP contribution in [0.15, 0.2) is 17.2 Å². The zero-order chi connectivity index (χ0) is 12.0. The summed E-state index contributed by atoms with van der Waals surface area (Å²) in [7, 11) is 0. The van der Waals surface area contributed by atoms with Crippen molar-refractivity contribution in [3.8, 4) is 0 Å². The third-order valence-electron chi connectivity index (χ3n) is 4.50. The fourth-order valence-electron chi connectivity index (χ4n) is 2.52. The molecule has 1 aromatic heterocycles. The second-order valence-corrected chi connectivity index (χ2v) is 5.64. The van der Waals surface area contributed by atoms with Crippen molar-refractivity contribution < 1.29 is 0 Å². The molecule has 0 aromatic carbocycles. The Morgan fingerprint density at radius 2 is 2.00 bits per heavy atom. The van der Waals surface area contributed by atoms with E-state index in [4.69, 9.17) is 0 Å². The first-order valence-corrected chi connectivity index (χ1v) is 5.65. The molecule has 0 amide bonds. The summed E-state index contributed by atoms with van der Waals surface area (Å²) in [4.78, 5) is 18.0. The van der Waals surface area contributed by atoms with E-state index < -0.39 is 0 Å². The van der Waals surface area contributed by atoms with Gasteiger partial charge in [0, 0.05) is 18.9 Å². The average molecular weight is 221 g/mol. The van der Waals surface area contributed by atoms with Crippen LogP contribution in [-0.4, -0.2) is 16.5 Å². The highest BCUT2D eigenvalue weighted by Crippen LogP contribution is 2.68. The standard InChI is InChI=1S/C12H19N3O/c1-11(2)8(12(11,3)4)7-15-9-10(16)14-6-5-13-9/h5-6,8H,7H2,1-4H3,(H,13,15)(H,14,16). The summed E-state index contributed by atoms with van der Waals surface area (Å²) in [5.41, 5.74) is 0.516. The van der Waals surface area contributed by atoms with Crippen molar-refractivity contribution in [2.24, 2.45) is 16.7 Å². The van der Waals surface area contributed by atoms with Gasteiger partial charge in [-0.1, -0.05) is 27.7 Å². The van der Waals surface area contributed by atoms with Crippen molar-refractivity contribution in [3.05, 3.63) is 22.7 Å². The first-order valence-electron chi connectivity index (χ1n) is 5.65. The summed E-state index contributed by atoms with van der Waals surface area (Å²) >= 11 is 0. The lowest BCUT2D eigenvalue weighted by atomic mass is 10.0. The van der Waals surface area contributed by atoms with E-state index in [0.29, 0.717) is 22.6 Å². The highest BCUT2D eigenvalue weighted by Gasteiger charge is 2.64. The molecular weight excluding hydrogens is 202 g/mol. The predicted molar refractivity (Wildman–Crippen MR) is 64.4 cm³/mol. The summed E-state index contributed by atoms with van der Waals surface area (Å²) in [6.07, 6.45) is 3.13. The van der Waals surface area contributed by atoms with Crippen LogP contribution in [0, 0.1) is 16.7 Å². The molecule has 0 unspecified atom stereocenters. The van der Waals surface area contributed by atoms with E-state index in [0.717, 1.165) is 6.54 Å². The SMILES string of the molecule is CC1(C)C(CNc2ncc[nH]c2=O)C1(C)C. The normalized spacial score (nSPS) is 21.8. The quantitative estimate of drug-likeness (QED) is 0.819. The number of aromatic amines is 1. The second-order valence-electron chi connectivity index (χ2n) is 5.64. The Morgan fingerprint density at radius 1 is 1.38 bits per heavy atom. The van der Waals surface area contributed by atoms with Crippen molar-refractivity contribution in [2.45, 2.75) is 27.7 Å². The van der Waals surface area contributed by atoms with Gasteiger partial charge in [0.15, 0.2) is 5.82 Å². The molecule has 0 bridgehead atoms. The van der Waals surface area contributed by atoms with E-state index in [9.17, 15) is 4.79 Å². The lowest BCUT2D eigenvalue weighted by Gasteiger charge is -2.05. The number of anilines is 1. The molecule has 88 valence electrons. The monoisotopic (exact) mass is 221 g/mol. The molecule has 1 aliphatic carbocycles. The molecule has 4 nitrogen and oxygen atoms in total. The Labute approximate surface area is 95.5 Å². The predicted octanol–water partition coefficient (Wildman–Crippen LogP) is 1.86. The number of nitrogens with zero attached hydrogens (tertiary/aromatic N) is 1. The molecule has 0 radical (unpaired) electrons. The summed E-state index contributed by atoms with van der Waals surface area (Å²) in [6, 6.07) is 0. The van der Waals surface area contributed by atoms with Gasteiger partial charge in [-0.3, -0.25) is 4.79 Å². The zero-order valence-corrected chi connectivity index (χ0v) is 10.3. The van der Waals surface area contributed by atoms with Crippen molar-refractivity contribution in [1.29, 1.82) is 0 Å².